The lowest BCUT2D eigenvalue weighted by molar-refractivity contribution is 0.144. The Morgan fingerprint density at radius 1 is 1.50 bits per heavy atom. The predicted octanol–water partition coefficient (Wildman–Crippen LogP) is 1.59. The first-order valence-corrected chi connectivity index (χ1v) is 5.35. The molecule has 1 unspecified atom stereocenters. The Labute approximate surface area is 84.9 Å². The Morgan fingerprint density at radius 3 is 3.14 bits per heavy atom. The van der Waals surface area contributed by atoms with Crippen molar-refractivity contribution in [1.29, 1.82) is 0 Å². The van der Waals surface area contributed by atoms with Gasteiger partial charge in [0.1, 0.15) is 0 Å². The van der Waals surface area contributed by atoms with Crippen molar-refractivity contribution in [3.8, 4) is 0 Å². The van der Waals surface area contributed by atoms with E-state index in [1.807, 2.05) is 12.3 Å². The minimum Gasteiger partial charge on any atom is -0.472 e. The monoisotopic (exact) mass is 194 g/mol. The molecule has 0 amide bonds. The fourth-order valence-electron chi connectivity index (χ4n) is 2.15. The van der Waals surface area contributed by atoms with E-state index in [2.05, 4.69) is 4.90 Å². The average molecular weight is 194 g/mol. The number of hydrogen-bond donors (Lipinski definition) is 1. The first-order chi connectivity index (χ1) is 6.90. The van der Waals surface area contributed by atoms with Gasteiger partial charge in [-0.15, -0.1) is 0 Å². The van der Waals surface area contributed by atoms with Crippen molar-refractivity contribution < 1.29 is 4.42 Å². The third kappa shape index (κ3) is 2.16. The zero-order valence-electron chi connectivity index (χ0n) is 8.48. The zero-order chi connectivity index (χ0) is 9.80. The molecule has 2 N–H and O–H groups in total. The van der Waals surface area contributed by atoms with Crippen LogP contribution in [0.5, 0.6) is 0 Å². The van der Waals surface area contributed by atoms with Gasteiger partial charge in [0.15, 0.2) is 0 Å². The van der Waals surface area contributed by atoms with E-state index in [1.165, 1.54) is 31.4 Å². The minimum absolute atomic E-state index is 0.568. The average Bonchev–Trinajstić information content (AvgIpc) is 2.71. The number of hydrogen-bond acceptors (Lipinski definition) is 3. The number of furan rings is 1. The van der Waals surface area contributed by atoms with Crippen LogP contribution >= 0.6 is 0 Å². The van der Waals surface area contributed by atoms with Crippen LogP contribution < -0.4 is 5.73 Å². The van der Waals surface area contributed by atoms with Crippen molar-refractivity contribution in [2.75, 3.05) is 13.1 Å². The molecule has 3 nitrogen and oxygen atoms in total. The van der Waals surface area contributed by atoms with Gasteiger partial charge in [0.2, 0.25) is 0 Å². The van der Waals surface area contributed by atoms with Gasteiger partial charge in [-0.05, 0) is 25.5 Å². The largest absolute Gasteiger partial charge is 0.472 e. The Hall–Kier alpha value is -0.800. The normalized spacial score (nSPS) is 23.9. The number of rotatable bonds is 3. The van der Waals surface area contributed by atoms with Crippen molar-refractivity contribution >= 4 is 0 Å². The van der Waals surface area contributed by atoms with E-state index < -0.39 is 0 Å². The standard InChI is InChI=1S/C11H18N2O/c12-7-11-3-1-2-5-13(11)8-10-4-6-14-9-10/h4,6,9,11H,1-3,5,7-8,12H2. The molecular weight excluding hydrogens is 176 g/mol. The molecule has 14 heavy (non-hydrogen) atoms. The molecule has 2 heterocycles. The van der Waals surface area contributed by atoms with E-state index >= 15 is 0 Å². The molecular formula is C11H18N2O. The molecule has 3 heteroatoms. The minimum atomic E-state index is 0.568. The molecule has 1 saturated heterocycles. The van der Waals surface area contributed by atoms with Gasteiger partial charge >= 0.3 is 0 Å². The quantitative estimate of drug-likeness (QED) is 0.794. The highest BCUT2D eigenvalue weighted by Crippen LogP contribution is 2.18. The van der Waals surface area contributed by atoms with Crippen LogP contribution in [0.3, 0.4) is 0 Å². The fourth-order valence-corrected chi connectivity index (χ4v) is 2.15. The summed E-state index contributed by atoms with van der Waals surface area (Å²) in [6, 6.07) is 2.60. The summed E-state index contributed by atoms with van der Waals surface area (Å²) in [5, 5.41) is 0. The van der Waals surface area contributed by atoms with Crippen LogP contribution in [0.2, 0.25) is 0 Å². The topological polar surface area (TPSA) is 42.4 Å². The Kier molecular flexibility index (Phi) is 3.22. The third-order valence-electron chi connectivity index (χ3n) is 2.99. The highest BCUT2D eigenvalue weighted by atomic mass is 16.3. The van der Waals surface area contributed by atoms with Crippen molar-refractivity contribution in [3.05, 3.63) is 24.2 Å². The fraction of sp³-hybridized carbons (Fsp3) is 0.636. The molecule has 1 aliphatic rings. The maximum atomic E-state index is 5.76. The first-order valence-electron chi connectivity index (χ1n) is 5.35. The molecule has 0 bridgehead atoms. The molecule has 0 aromatic carbocycles. The lowest BCUT2D eigenvalue weighted by Gasteiger charge is -2.34. The lowest BCUT2D eigenvalue weighted by atomic mass is 10.0. The molecule has 0 spiro atoms. The number of likely N-dealkylation sites (tertiary alicyclic amines) is 1. The summed E-state index contributed by atoms with van der Waals surface area (Å²) in [7, 11) is 0. The van der Waals surface area contributed by atoms with Crippen LogP contribution in [-0.2, 0) is 6.54 Å². The van der Waals surface area contributed by atoms with E-state index in [9.17, 15) is 0 Å². The summed E-state index contributed by atoms with van der Waals surface area (Å²) in [4.78, 5) is 2.47. The first kappa shape index (κ1) is 9.74. The maximum absolute atomic E-state index is 5.76. The van der Waals surface area contributed by atoms with Gasteiger partial charge in [-0.1, -0.05) is 6.42 Å². The predicted molar refractivity (Wildman–Crippen MR) is 55.8 cm³/mol. The summed E-state index contributed by atoms with van der Waals surface area (Å²) in [5.41, 5.74) is 7.01. The molecule has 1 aliphatic heterocycles. The maximum Gasteiger partial charge on any atom is 0.0947 e. The van der Waals surface area contributed by atoms with Crippen LogP contribution in [0.25, 0.3) is 0 Å². The highest BCUT2D eigenvalue weighted by molar-refractivity contribution is 5.05. The molecule has 1 fully saturated rings. The van der Waals surface area contributed by atoms with Crippen LogP contribution in [-0.4, -0.2) is 24.0 Å². The summed E-state index contributed by atoms with van der Waals surface area (Å²) in [6.45, 7) is 2.93. The second-order valence-electron chi connectivity index (χ2n) is 3.99. The molecule has 1 aromatic heterocycles. The van der Waals surface area contributed by atoms with Gasteiger partial charge < -0.3 is 10.2 Å². The molecule has 0 aliphatic carbocycles. The van der Waals surface area contributed by atoms with Gasteiger partial charge in [0.05, 0.1) is 12.5 Å². The zero-order valence-corrected chi connectivity index (χ0v) is 8.48. The molecule has 2 rings (SSSR count). The number of piperidine rings is 1. The Bertz CT molecular complexity index is 258. The Balaban J connectivity index is 1.94. The second kappa shape index (κ2) is 4.62. The van der Waals surface area contributed by atoms with Crippen LogP contribution in [0.15, 0.2) is 23.0 Å². The molecule has 78 valence electrons. The smallest absolute Gasteiger partial charge is 0.0947 e. The molecule has 1 aromatic rings. The van der Waals surface area contributed by atoms with Gasteiger partial charge in [-0.25, -0.2) is 0 Å². The van der Waals surface area contributed by atoms with Crippen molar-refractivity contribution in [2.45, 2.75) is 31.8 Å². The SMILES string of the molecule is NCC1CCCCN1Cc1ccoc1. The molecule has 0 saturated carbocycles. The lowest BCUT2D eigenvalue weighted by Crippen LogP contribution is -2.43. The van der Waals surface area contributed by atoms with Crippen molar-refractivity contribution in [1.82, 2.24) is 4.90 Å². The Morgan fingerprint density at radius 2 is 2.43 bits per heavy atom. The van der Waals surface area contributed by atoms with E-state index in [4.69, 9.17) is 10.2 Å². The number of nitrogens with zero attached hydrogens (tertiary/aromatic N) is 1. The van der Waals surface area contributed by atoms with Gasteiger partial charge in [-0.2, -0.15) is 0 Å². The third-order valence-corrected chi connectivity index (χ3v) is 2.99. The van der Waals surface area contributed by atoms with E-state index in [-0.39, 0.29) is 0 Å². The van der Waals surface area contributed by atoms with Gasteiger partial charge in [0.25, 0.3) is 0 Å². The van der Waals surface area contributed by atoms with Crippen LogP contribution in [0.4, 0.5) is 0 Å². The molecule has 1 atom stereocenters. The van der Waals surface area contributed by atoms with Crippen LogP contribution in [0.1, 0.15) is 24.8 Å². The summed E-state index contributed by atoms with van der Waals surface area (Å²) >= 11 is 0. The van der Waals surface area contributed by atoms with E-state index in [1.54, 1.807) is 6.26 Å². The van der Waals surface area contributed by atoms with Crippen LogP contribution in [0, 0.1) is 0 Å². The van der Waals surface area contributed by atoms with E-state index in [0.717, 1.165) is 13.1 Å². The van der Waals surface area contributed by atoms with Gasteiger partial charge in [-0.3, -0.25) is 4.90 Å². The highest BCUT2D eigenvalue weighted by Gasteiger charge is 2.20. The summed E-state index contributed by atoms with van der Waals surface area (Å²) in [6.07, 6.45) is 7.42. The molecule has 0 radical (unpaired) electrons. The summed E-state index contributed by atoms with van der Waals surface area (Å²) < 4.78 is 5.07. The van der Waals surface area contributed by atoms with Crippen molar-refractivity contribution in [2.24, 2.45) is 5.73 Å². The van der Waals surface area contributed by atoms with Gasteiger partial charge in [0, 0.05) is 24.7 Å². The van der Waals surface area contributed by atoms with E-state index in [0.29, 0.717) is 6.04 Å². The summed E-state index contributed by atoms with van der Waals surface area (Å²) in [5.74, 6) is 0. The van der Waals surface area contributed by atoms with Crippen molar-refractivity contribution in [3.63, 3.8) is 0 Å². The second-order valence-corrected chi connectivity index (χ2v) is 3.99. The number of nitrogens with two attached hydrogens (primary N) is 1.